The Bertz CT molecular complexity index is 836. The number of para-hydroxylation sites is 1. The predicted molar refractivity (Wildman–Crippen MR) is 94.6 cm³/mol. The minimum atomic E-state index is -0.421. The van der Waals surface area contributed by atoms with Gasteiger partial charge >= 0.3 is 0 Å². The Hall–Kier alpha value is -3.54. The van der Waals surface area contributed by atoms with Gasteiger partial charge in [0.15, 0.2) is 5.75 Å². The van der Waals surface area contributed by atoms with Crippen LogP contribution in [0.5, 0.6) is 11.5 Å². The molecular formula is C19H16N2O4. The summed E-state index contributed by atoms with van der Waals surface area (Å²) in [4.78, 5) is 15.8. The Morgan fingerprint density at radius 3 is 2.32 bits per heavy atom. The second-order valence-corrected chi connectivity index (χ2v) is 5.26. The molecule has 0 atom stereocenters. The zero-order valence-electron chi connectivity index (χ0n) is 13.3. The number of nitrogens with zero attached hydrogens (tertiary/aromatic N) is 1. The van der Waals surface area contributed by atoms with Crippen LogP contribution in [-0.4, -0.2) is 4.92 Å². The molecule has 3 rings (SSSR count). The number of non-ortho nitro benzene ring substituents is 1. The van der Waals surface area contributed by atoms with Crippen LogP contribution in [0.25, 0.3) is 0 Å². The minimum absolute atomic E-state index is 0.0526. The third kappa shape index (κ3) is 4.71. The molecule has 0 aliphatic carbocycles. The number of rotatable bonds is 7. The average Bonchev–Trinajstić information content (AvgIpc) is 2.66. The lowest BCUT2D eigenvalue weighted by molar-refractivity contribution is -0.384. The van der Waals surface area contributed by atoms with Gasteiger partial charge in [-0.1, -0.05) is 30.3 Å². The van der Waals surface area contributed by atoms with Crippen LogP contribution in [0.3, 0.4) is 0 Å². The lowest BCUT2D eigenvalue weighted by Crippen LogP contribution is -2.04. The maximum Gasteiger partial charge on any atom is 0.269 e. The largest absolute Gasteiger partial charge is 0.489 e. The van der Waals surface area contributed by atoms with E-state index < -0.39 is 4.92 Å². The van der Waals surface area contributed by atoms with Gasteiger partial charge in [-0.05, 0) is 42.0 Å². The van der Waals surface area contributed by atoms with Crippen LogP contribution in [0.1, 0.15) is 5.56 Å². The number of nitro groups is 1. The van der Waals surface area contributed by atoms with Crippen molar-refractivity contribution < 1.29 is 14.5 Å². The third-order valence-corrected chi connectivity index (χ3v) is 3.41. The van der Waals surface area contributed by atoms with Crippen molar-refractivity contribution in [1.29, 1.82) is 0 Å². The average molecular weight is 336 g/mol. The fourth-order valence-corrected chi connectivity index (χ4v) is 2.15. The van der Waals surface area contributed by atoms with Gasteiger partial charge in [-0.15, -0.1) is 0 Å². The molecule has 0 saturated carbocycles. The van der Waals surface area contributed by atoms with Crippen molar-refractivity contribution in [1.82, 2.24) is 0 Å². The highest BCUT2D eigenvalue weighted by Gasteiger charge is 2.06. The Kier molecular flexibility index (Phi) is 5.11. The molecule has 0 spiro atoms. The molecule has 25 heavy (non-hydrogen) atoms. The number of ether oxygens (including phenoxy) is 1. The second-order valence-electron chi connectivity index (χ2n) is 5.26. The molecule has 126 valence electrons. The van der Waals surface area contributed by atoms with Crippen LogP contribution >= 0.6 is 0 Å². The summed E-state index contributed by atoms with van der Waals surface area (Å²) in [5.41, 5.74) is 4.49. The first-order valence-corrected chi connectivity index (χ1v) is 7.65. The van der Waals surface area contributed by atoms with Crippen LogP contribution in [0.15, 0.2) is 78.9 Å². The van der Waals surface area contributed by atoms with Crippen molar-refractivity contribution >= 4 is 11.4 Å². The standard InChI is InChI=1S/C19H16N2O4/c22-21(23)17-8-4-5-15(13-17)14-24-18-9-11-19(12-10-18)25-20-16-6-2-1-3-7-16/h1-13,20H,14H2. The number of hydrogen-bond donors (Lipinski definition) is 1. The molecule has 6 nitrogen and oxygen atoms in total. The SMILES string of the molecule is O=[N+]([O-])c1cccc(COc2ccc(ONc3ccccc3)cc2)c1. The fourth-order valence-electron chi connectivity index (χ4n) is 2.15. The Morgan fingerprint density at radius 1 is 0.880 bits per heavy atom. The highest BCUT2D eigenvalue weighted by Crippen LogP contribution is 2.20. The van der Waals surface area contributed by atoms with Gasteiger partial charge in [-0.3, -0.25) is 10.1 Å². The van der Waals surface area contributed by atoms with Crippen LogP contribution in [0.2, 0.25) is 0 Å². The number of nitrogens with one attached hydrogen (secondary N) is 1. The van der Waals surface area contributed by atoms with Crippen molar-refractivity contribution in [3.63, 3.8) is 0 Å². The Labute approximate surface area is 144 Å². The van der Waals surface area contributed by atoms with Gasteiger partial charge in [-0.2, -0.15) is 0 Å². The van der Waals surface area contributed by atoms with Crippen molar-refractivity contribution in [2.75, 3.05) is 5.48 Å². The second kappa shape index (κ2) is 7.83. The van der Waals surface area contributed by atoms with Crippen molar-refractivity contribution in [3.05, 3.63) is 94.5 Å². The van der Waals surface area contributed by atoms with Crippen LogP contribution < -0.4 is 15.1 Å². The number of nitro benzene ring substituents is 1. The molecule has 3 aromatic rings. The summed E-state index contributed by atoms with van der Waals surface area (Å²) in [7, 11) is 0. The van der Waals surface area contributed by atoms with Gasteiger partial charge in [-0.25, -0.2) is 5.48 Å². The van der Waals surface area contributed by atoms with Crippen molar-refractivity contribution in [3.8, 4) is 11.5 Å². The molecule has 0 saturated heterocycles. The molecule has 0 radical (unpaired) electrons. The van der Waals surface area contributed by atoms with E-state index in [4.69, 9.17) is 9.57 Å². The monoisotopic (exact) mass is 336 g/mol. The lowest BCUT2D eigenvalue weighted by Gasteiger charge is -2.09. The smallest absolute Gasteiger partial charge is 0.269 e. The number of benzene rings is 3. The summed E-state index contributed by atoms with van der Waals surface area (Å²) in [6.45, 7) is 0.254. The summed E-state index contributed by atoms with van der Waals surface area (Å²) in [6.07, 6.45) is 0. The zero-order valence-corrected chi connectivity index (χ0v) is 13.3. The highest BCUT2D eigenvalue weighted by molar-refractivity contribution is 5.42. The van der Waals surface area contributed by atoms with E-state index in [1.165, 1.54) is 12.1 Å². The summed E-state index contributed by atoms with van der Waals surface area (Å²) in [6, 6.07) is 23.0. The molecule has 0 aromatic heterocycles. The van der Waals surface area contributed by atoms with E-state index in [1.54, 1.807) is 36.4 Å². The van der Waals surface area contributed by atoms with Gasteiger partial charge < -0.3 is 9.57 Å². The van der Waals surface area contributed by atoms with E-state index in [9.17, 15) is 10.1 Å². The van der Waals surface area contributed by atoms with Gasteiger partial charge in [0.1, 0.15) is 12.4 Å². The number of hydrogen-bond acceptors (Lipinski definition) is 5. The van der Waals surface area contributed by atoms with Crippen LogP contribution in [0, 0.1) is 10.1 Å². The molecule has 0 aliphatic heterocycles. The molecule has 0 bridgehead atoms. The van der Waals surface area contributed by atoms with E-state index in [0.717, 1.165) is 11.3 Å². The zero-order chi connectivity index (χ0) is 17.5. The Balaban J connectivity index is 1.54. The van der Waals surface area contributed by atoms with Crippen LogP contribution in [-0.2, 0) is 6.61 Å². The van der Waals surface area contributed by atoms with Gasteiger partial charge in [0.2, 0.25) is 0 Å². The fraction of sp³-hybridized carbons (Fsp3) is 0.0526. The first-order chi connectivity index (χ1) is 12.2. The molecule has 0 aliphatic rings. The predicted octanol–water partition coefficient (Wildman–Crippen LogP) is 4.58. The van der Waals surface area contributed by atoms with Crippen LogP contribution in [0.4, 0.5) is 11.4 Å². The third-order valence-electron chi connectivity index (χ3n) is 3.41. The van der Waals surface area contributed by atoms with Crippen molar-refractivity contribution in [2.45, 2.75) is 6.61 Å². The van der Waals surface area contributed by atoms with Gasteiger partial charge in [0.25, 0.3) is 5.69 Å². The minimum Gasteiger partial charge on any atom is -0.489 e. The molecule has 6 heteroatoms. The Morgan fingerprint density at radius 2 is 1.60 bits per heavy atom. The van der Waals surface area contributed by atoms with Gasteiger partial charge in [0.05, 0.1) is 10.6 Å². The number of anilines is 1. The highest BCUT2D eigenvalue weighted by atomic mass is 16.6. The molecule has 0 heterocycles. The maximum absolute atomic E-state index is 10.8. The summed E-state index contributed by atoms with van der Waals surface area (Å²) < 4.78 is 5.65. The molecule has 3 aromatic carbocycles. The first-order valence-electron chi connectivity index (χ1n) is 7.65. The maximum atomic E-state index is 10.8. The van der Waals surface area contributed by atoms with Gasteiger partial charge in [0, 0.05) is 12.1 Å². The molecule has 0 unspecified atom stereocenters. The summed E-state index contributed by atoms with van der Waals surface area (Å²) in [5, 5.41) is 10.8. The van der Waals surface area contributed by atoms with E-state index >= 15 is 0 Å². The first kappa shape index (κ1) is 16.3. The quantitative estimate of drug-likeness (QED) is 0.505. The normalized spacial score (nSPS) is 10.1. The van der Waals surface area contributed by atoms with Crippen molar-refractivity contribution in [2.24, 2.45) is 0 Å². The molecule has 1 N–H and O–H groups in total. The topological polar surface area (TPSA) is 73.6 Å². The molecular weight excluding hydrogens is 320 g/mol. The summed E-state index contributed by atoms with van der Waals surface area (Å²) >= 11 is 0. The molecule has 0 fully saturated rings. The van der Waals surface area contributed by atoms with E-state index in [1.807, 2.05) is 30.3 Å². The lowest BCUT2D eigenvalue weighted by atomic mass is 10.2. The van der Waals surface area contributed by atoms with E-state index in [0.29, 0.717) is 11.5 Å². The van der Waals surface area contributed by atoms with E-state index in [2.05, 4.69) is 5.48 Å². The van der Waals surface area contributed by atoms with E-state index in [-0.39, 0.29) is 12.3 Å². The summed E-state index contributed by atoms with van der Waals surface area (Å²) in [5.74, 6) is 1.30. The molecule has 0 amide bonds.